The lowest BCUT2D eigenvalue weighted by Gasteiger charge is -2.35. The molecule has 2 heterocycles. The second-order valence-electron chi connectivity index (χ2n) is 7.75. The summed E-state index contributed by atoms with van der Waals surface area (Å²) in [5, 5.41) is 10.1. The lowest BCUT2D eigenvalue weighted by molar-refractivity contribution is -0.117. The molecule has 1 aliphatic heterocycles. The Morgan fingerprint density at radius 1 is 1.26 bits per heavy atom. The third kappa shape index (κ3) is 4.68. The van der Waals surface area contributed by atoms with E-state index < -0.39 is 0 Å². The Labute approximate surface area is 165 Å². The van der Waals surface area contributed by atoms with E-state index in [-0.39, 0.29) is 11.8 Å². The van der Waals surface area contributed by atoms with Gasteiger partial charge in [-0.25, -0.2) is 4.98 Å². The van der Waals surface area contributed by atoms with Gasteiger partial charge in [-0.05, 0) is 57.7 Å². The van der Waals surface area contributed by atoms with Crippen molar-refractivity contribution in [2.75, 3.05) is 23.3 Å². The van der Waals surface area contributed by atoms with E-state index in [2.05, 4.69) is 51.9 Å². The Morgan fingerprint density at radius 2 is 2.04 bits per heavy atom. The molecule has 27 heavy (non-hydrogen) atoms. The van der Waals surface area contributed by atoms with Crippen molar-refractivity contribution < 1.29 is 4.79 Å². The molecule has 2 aromatic rings. The van der Waals surface area contributed by atoms with Crippen LogP contribution in [0.3, 0.4) is 0 Å². The maximum Gasteiger partial charge on any atom is 0.227 e. The molecule has 1 aromatic heterocycles. The van der Waals surface area contributed by atoms with Crippen LogP contribution in [0, 0.1) is 12.8 Å². The fourth-order valence-corrected chi connectivity index (χ4v) is 4.40. The van der Waals surface area contributed by atoms with Gasteiger partial charge in [0.25, 0.3) is 0 Å². The van der Waals surface area contributed by atoms with Gasteiger partial charge >= 0.3 is 0 Å². The van der Waals surface area contributed by atoms with Gasteiger partial charge in [0.2, 0.25) is 5.91 Å². The minimum atomic E-state index is 0.168. The van der Waals surface area contributed by atoms with Gasteiger partial charge in [0.1, 0.15) is 0 Å². The zero-order valence-electron chi connectivity index (χ0n) is 16.1. The number of rotatable bonds is 6. The highest BCUT2D eigenvalue weighted by molar-refractivity contribution is 7.09. The predicted octanol–water partition coefficient (Wildman–Crippen LogP) is 4.12. The lowest BCUT2D eigenvalue weighted by Crippen LogP contribution is -2.43. The van der Waals surface area contributed by atoms with E-state index in [0.717, 1.165) is 55.2 Å². The van der Waals surface area contributed by atoms with E-state index in [1.54, 1.807) is 11.3 Å². The third-order valence-corrected chi connectivity index (χ3v) is 6.28. The number of hydrogen-bond donors (Lipinski definition) is 2. The average Bonchev–Trinajstić information content (AvgIpc) is 3.43. The second-order valence-corrected chi connectivity index (χ2v) is 8.82. The Morgan fingerprint density at radius 3 is 2.70 bits per heavy atom. The summed E-state index contributed by atoms with van der Waals surface area (Å²) in [5.41, 5.74) is 3.27. The number of carbonyl (C=O) groups is 1. The topological polar surface area (TPSA) is 57.3 Å². The molecule has 1 saturated heterocycles. The number of carbonyl (C=O) groups excluding carboxylic acids is 1. The maximum atomic E-state index is 12.0. The molecule has 0 spiro atoms. The summed E-state index contributed by atoms with van der Waals surface area (Å²) < 4.78 is 0. The molecule has 1 saturated carbocycles. The molecule has 1 aromatic carbocycles. The van der Waals surface area contributed by atoms with Crippen LogP contribution in [0.2, 0.25) is 0 Å². The normalized spacial score (nSPS) is 19.1. The van der Waals surface area contributed by atoms with Crippen molar-refractivity contribution >= 4 is 28.6 Å². The summed E-state index contributed by atoms with van der Waals surface area (Å²) >= 11 is 1.71. The number of anilines is 2. The Kier molecular flexibility index (Phi) is 5.45. The van der Waals surface area contributed by atoms with Crippen molar-refractivity contribution in [3.8, 4) is 0 Å². The number of nitrogens with one attached hydrogen (secondary N) is 2. The highest BCUT2D eigenvalue weighted by atomic mass is 32.1. The number of amides is 1. The van der Waals surface area contributed by atoms with Crippen molar-refractivity contribution in [2.24, 2.45) is 5.92 Å². The summed E-state index contributed by atoms with van der Waals surface area (Å²) in [6, 6.07) is 9.09. The van der Waals surface area contributed by atoms with Crippen LogP contribution in [0.5, 0.6) is 0 Å². The lowest BCUT2D eigenvalue weighted by atomic mass is 10.0. The number of aryl methyl sites for hydroxylation is 1. The molecule has 5 nitrogen and oxygen atoms in total. The molecule has 0 radical (unpaired) electrons. The second kappa shape index (κ2) is 7.98. The first-order chi connectivity index (χ1) is 13.1. The van der Waals surface area contributed by atoms with Crippen molar-refractivity contribution in [1.29, 1.82) is 0 Å². The van der Waals surface area contributed by atoms with Crippen molar-refractivity contribution in [3.05, 3.63) is 40.3 Å². The first-order valence-electron chi connectivity index (χ1n) is 9.92. The molecule has 1 amide bonds. The molecule has 0 bridgehead atoms. The number of nitrogens with zero attached hydrogens (tertiary/aromatic N) is 2. The monoisotopic (exact) mass is 384 g/mol. The standard InChI is InChI=1S/C21H28N4OS/c1-14(20-13-27-15(2)23-20)22-17-8-10-25(11-9-17)19-5-3-4-18(12-19)24-21(26)16-6-7-16/h3-5,12-14,16-17,22H,6-11H2,1-2H3,(H,24,26)/t14-/m1/s1. The maximum absolute atomic E-state index is 12.0. The van der Waals surface area contributed by atoms with Crippen LogP contribution in [0.25, 0.3) is 0 Å². The highest BCUT2D eigenvalue weighted by Crippen LogP contribution is 2.31. The van der Waals surface area contributed by atoms with E-state index in [9.17, 15) is 4.79 Å². The van der Waals surface area contributed by atoms with E-state index in [1.807, 2.05) is 12.1 Å². The van der Waals surface area contributed by atoms with E-state index >= 15 is 0 Å². The van der Waals surface area contributed by atoms with E-state index in [0.29, 0.717) is 12.1 Å². The Balaban J connectivity index is 1.30. The van der Waals surface area contributed by atoms with Gasteiger partial charge < -0.3 is 15.5 Å². The molecule has 1 atom stereocenters. The van der Waals surface area contributed by atoms with Crippen LogP contribution in [-0.4, -0.2) is 30.0 Å². The predicted molar refractivity (Wildman–Crippen MR) is 111 cm³/mol. The van der Waals surface area contributed by atoms with Gasteiger partial charge in [0.05, 0.1) is 10.7 Å². The Hall–Kier alpha value is -1.92. The quantitative estimate of drug-likeness (QED) is 0.787. The van der Waals surface area contributed by atoms with Gasteiger partial charge in [-0.15, -0.1) is 11.3 Å². The number of benzene rings is 1. The van der Waals surface area contributed by atoms with E-state index in [1.165, 1.54) is 5.69 Å². The van der Waals surface area contributed by atoms with Crippen LogP contribution in [0.4, 0.5) is 11.4 Å². The molecule has 2 fully saturated rings. The fourth-order valence-electron chi connectivity index (χ4n) is 3.69. The number of piperidine rings is 1. The SMILES string of the molecule is Cc1nc([C@@H](C)NC2CCN(c3cccc(NC(=O)C4CC4)c3)CC2)cs1. The summed E-state index contributed by atoms with van der Waals surface area (Å²) in [5.74, 6) is 0.403. The van der Waals surface area contributed by atoms with Crippen molar-refractivity contribution in [3.63, 3.8) is 0 Å². The first-order valence-corrected chi connectivity index (χ1v) is 10.8. The molecule has 1 aliphatic carbocycles. The van der Waals surface area contributed by atoms with Gasteiger partial charge in [0, 0.05) is 47.8 Å². The zero-order valence-corrected chi connectivity index (χ0v) is 16.9. The molecule has 4 rings (SSSR count). The zero-order chi connectivity index (χ0) is 18.8. The minimum Gasteiger partial charge on any atom is -0.371 e. The Bertz CT molecular complexity index is 793. The number of hydrogen-bond acceptors (Lipinski definition) is 5. The summed E-state index contributed by atoms with van der Waals surface area (Å²) in [7, 11) is 0. The molecule has 144 valence electrons. The molecule has 0 unspecified atom stereocenters. The van der Waals surface area contributed by atoms with Gasteiger partial charge in [-0.2, -0.15) is 0 Å². The minimum absolute atomic E-state index is 0.168. The summed E-state index contributed by atoms with van der Waals surface area (Å²) in [6.07, 6.45) is 4.30. The molecular formula is C21H28N4OS. The summed E-state index contributed by atoms with van der Waals surface area (Å²) in [6.45, 7) is 6.31. The van der Waals surface area contributed by atoms with Crippen molar-refractivity contribution in [1.82, 2.24) is 10.3 Å². The smallest absolute Gasteiger partial charge is 0.227 e. The van der Waals surface area contributed by atoms with Crippen LogP contribution < -0.4 is 15.5 Å². The summed E-state index contributed by atoms with van der Waals surface area (Å²) in [4.78, 5) is 19.0. The molecular weight excluding hydrogens is 356 g/mol. The van der Waals surface area contributed by atoms with Gasteiger partial charge in [0.15, 0.2) is 0 Å². The first kappa shape index (κ1) is 18.4. The van der Waals surface area contributed by atoms with E-state index in [4.69, 9.17) is 0 Å². The molecule has 2 N–H and O–H groups in total. The van der Waals surface area contributed by atoms with Gasteiger partial charge in [-0.3, -0.25) is 4.79 Å². The molecule has 2 aliphatic rings. The number of aromatic nitrogens is 1. The van der Waals surface area contributed by atoms with Crippen LogP contribution >= 0.6 is 11.3 Å². The third-order valence-electron chi connectivity index (χ3n) is 5.49. The molecule has 6 heteroatoms. The van der Waals surface area contributed by atoms with Crippen molar-refractivity contribution in [2.45, 2.75) is 51.6 Å². The van der Waals surface area contributed by atoms with Crippen LogP contribution in [0.15, 0.2) is 29.6 Å². The largest absolute Gasteiger partial charge is 0.371 e. The fraction of sp³-hybridized carbons (Fsp3) is 0.524. The van der Waals surface area contributed by atoms with Gasteiger partial charge in [-0.1, -0.05) is 6.07 Å². The van der Waals surface area contributed by atoms with Crippen LogP contribution in [-0.2, 0) is 4.79 Å². The number of thiazole rings is 1. The average molecular weight is 385 g/mol. The van der Waals surface area contributed by atoms with Crippen LogP contribution in [0.1, 0.15) is 49.4 Å². The highest BCUT2D eigenvalue weighted by Gasteiger charge is 2.29.